The van der Waals surface area contributed by atoms with Gasteiger partial charge in [-0.3, -0.25) is 4.79 Å². The predicted molar refractivity (Wildman–Crippen MR) is 68.8 cm³/mol. The molecule has 18 heavy (non-hydrogen) atoms. The molecule has 1 aliphatic rings. The van der Waals surface area contributed by atoms with Crippen LogP contribution in [0.4, 0.5) is 4.39 Å². The molecule has 0 spiro atoms. The van der Waals surface area contributed by atoms with Crippen molar-refractivity contribution >= 4 is 5.91 Å². The second-order valence-corrected chi connectivity index (χ2v) is 5.25. The Balaban J connectivity index is 1.99. The summed E-state index contributed by atoms with van der Waals surface area (Å²) in [7, 11) is 1.75. The Kier molecular flexibility index (Phi) is 3.66. The average Bonchev–Trinajstić information content (AvgIpc) is 2.29. The van der Waals surface area contributed by atoms with E-state index in [1.54, 1.807) is 31.0 Å². The van der Waals surface area contributed by atoms with Crippen molar-refractivity contribution in [3.05, 3.63) is 35.1 Å². The van der Waals surface area contributed by atoms with E-state index >= 15 is 0 Å². The Morgan fingerprint density at radius 2 is 2.17 bits per heavy atom. The molecule has 0 radical (unpaired) electrons. The molecule has 1 saturated carbocycles. The number of carbonyl (C=O) groups excluding carboxylic acids is 1. The SMILES string of the molecule is Cc1ccc(C(=O)N(C)CC2CC(N)C2)cc1F. The molecule has 0 saturated heterocycles. The quantitative estimate of drug-likeness (QED) is 0.891. The van der Waals surface area contributed by atoms with Gasteiger partial charge in [-0.05, 0) is 43.4 Å². The van der Waals surface area contributed by atoms with Crippen LogP contribution in [0, 0.1) is 18.7 Å². The number of rotatable bonds is 3. The van der Waals surface area contributed by atoms with E-state index < -0.39 is 0 Å². The van der Waals surface area contributed by atoms with Crippen molar-refractivity contribution in [3.63, 3.8) is 0 Å². The van der Waals surface area contributed by atoms with Crippen molar-refractivity contribution in [2.24, 2.45) is 11.7 Å². The normalized spacial score (nSPS) is 22.4. The molecule has 1 aliphatic carbocycles. The Morgan fingerprint density at radius 3 is 2.72 bits per heavy atom. The van der Waals surface area contributed by atoms with E-state index in [2.05, 4.69) is 0 Å². The molecule has 0 bridgehead atoms. The minimum atomic E-state index is -0.333. The fraction of sp³-hybridized carbons (Fsp3) is 0.500. The van der Waals surface area contributed by atoms with E-state index in [-0.39, 0.29) is 17.8 Å². The summed E-state index contributed by atoms with van der Waals surface area (Å²) in [6.45, 7) is 2.38. The van der Waals surface area contributed by atoms with E-state index in [0.717, 1.165) is 12.8 Å². The molecule has 0 aromatic heterocycles. The third-order valence-electron chi connectivity index (χ3n) is 3.57. The number of aryl methyl sites for hydroxylation is 1. The lowest BCUT2D eigenvalue weighted by molar-refractivity contribution is 0.0733. The third-order valence-corrected chi connectivity index (χ3v) is 3.57. The first-order valence-corrected chi connectivity index (χ1v) is 6.24. The number of nitrogens with zero attached hydrogens (tertiary/aromatic N) is 1. The van der Waals surface area contributed by atoms with Gasteiger partial charge in [0.15, 0.2) is 0 Å². The molecule has 2 rings (SSSR count). The summed E-state index contributed by atoms with van der Waals surface area (Å²) in [6.07, 6.45) is 1.94. The summed E-state index contributed by atoms with van der Waals surface area (Å²) in [5.74, 6) is 0.0264. The van der Waals surface area contributed by atoms with Crippen molar-refractivity contribution < 1.29 is 9.18 Å². The van der Waals surface area contributed by atoms with Crippen LogP contribution < -0.4 is 5.73 Å². The lowest BCUT2D eigenvalue weighted by Crippen LogP contribution is -2.43. The highest BCUT2D eigenvalue weighted by Crippen LogP contribution is 2.26. The maximum absolute atomic E-state index is 13.4. The van der Waals surface area contributed by atoms with Gasteiger partial charge in [0.25, 0.3) is 5.91 Å². The number of halogens is 1. The van der Waals surface area contributed by atoms with Crippen LogP contribution in [-0.2, 0) is 0 Å². The zero-order valence-electron chi connectivity index (χ0n) is 10.8. The van der Waals surface area contributed by atoms with Gasteiger partial charge in [-0.25, -0.2) is 4.39 Å². The highest BCUT2D eigenvalue weighted by molar-refractivity contribution is 5.94. The van der Waals surface area contributed by atoms with Crippen LogP contribution in [-0.4, -0.2) is 30.4 Å². The predicted octanol–water partition coefficient (Wildman–Crippen LogP) is 1.94. The summed E-state index contributed by atoms with van der Waals surface area (Å²) in [5, 5.41) is 0. The van der Waals surface area contributed by atoms with Crippen LogP contribution in [0.3, 0.4) is 0 Å². The van der Waals surface area contributed by atoms with Gasteiger partial charge in [0.05, 0.1) is 0 Å². The first kappa shape index (κ1) is 13.0. The molecule has 0 aliphatic heterocycles. The van der Waals surface area contributed by atoms with E-state index in [4.69, 9.17) is 5.73 Å². The molecule has 2 N–H and O–H groups in total. The summed E-state index contributed by atoms with van der Waals surface area (Å²) in [4.78, 5) is 13.7. The molecule has 1 amide bonds. The topological polar surface area (TPSA) is 46.3 Å². The molecule has 1 aromatic rings. The maximum atomic E-state index is 13.4. The molecule has 1 fully saturated rings. The number of hydrogen-bond donors (Lipinski definition) is 1. The van der Waals surface area contributed by atoms with Gasteiger partial charge in [0.1, 0.15) is 5.82 Å². The Labute approximate surface area is 107 Å². The summed E-state index contributed by atoms with van der Waals surface area (Å²) < 4.78 is 13.4. The van der Waals surface area contributed by atoms with Crippen molar-refractivity contribution in [2.45, 2.75) is 25.8 Å². The zero-order chi connectivity index (χ0) is 13.3. The van der Waals surface area contributed by atoms with Crippen molar-refractivity contribution in [1.82, 2.24) is 4.90 Å². The van der Waals surface area contributed by atoms with Gasteiger partial charge < -0.3 is 10.6 Å². The van der Waals surface area contributed by atoms with Crippen LogP contribution in [0.25, 0.3) is 0 Å². The smallest absolute Gasteiger partial charge is 0.253 e. The maximum Gasteiger partial charge on any atom is 0.253 e. The van der Waals surface area contributed by atoms with E-state index in [1.807, 2.05) is 0 Å². The van der Waals surface area contributed by atoms with Gasteiger partial charge >= 0.3 is 0 Å². The van der Waals surface area contributed by atoms with Crippen LogP contribution >= 0.6 is 0 Å². The van der Waals surface area contributed by atoms with Crippen LogP contribution in [0.2, 0.25) is 0 Å². The standard InChI is InChI=1S/C14H19FN2O/c1-9-3-4-11(7-13(9)15)14(18)17(2)8-10-5-12(16)6-10/h3-4,7,10,12H,5-6,8,16H2,1-2H3. The number of hydrogen-bond acceptors (Lipinski definition) is 2. The summed E-state index contributed by atoms with van der Waals surface area (Å²) in [6, 6.07) is 4.90. The molecular formula is C14H19FN2O. The molecule has 1 aromatic carbocycles. The Morgan fingerprint density at radius 1 is 1.50 bits per heavy atom. The molecule has 0 heterocycles. The minimum absolute atomic E-state index is 0.130. The molecule has 4 heteroatoms. The van der Waals surface area contributed by atoms with Gasteiger partial charge in [0.2, 0.25) is 0 Å². The highest BCUT2D eigenvalue weighted by Gasteiger charge is 2.28. The lowest BCUT2D eigenvalue weighted by Gasteiger charge is -2.35. The van der Waals surface area contributed by atoms with Crippen LogP contribution in [0.1, 0.15) is 28.8 Å². The monoisotopic (exact) mass is 250 g/mol. The minimum Gasteiger partial charge on any atom is -0.341 e. The van der Waals surface area contributed by atoms with Gasteiger partial charge in [0, 0.05) is 25.2 Å². The van der Waals surface area contributed by atoms with Crippen molar-refractivity contribution in [3.8, 4) is 0 Å². The second kappa shape index (κ2) is 5.06. The zero-order valence-corrected chi connectivity index (χ0v) is 10.8. The highest BCUT2D eigenvalue weighted by atomic mass is 19.1. The van der Waals surface area contributed by atoms with Crippen LogP contribution in [0.5, 0.6) is 0 Å². The first-order chi connectivity index (χ1) is 8.47. The number of benzene rings is 1. The lowest BCUT2D eigenvalue weighted by atomic mass is 9.80. The van der Waals surface area contributed by atoms with E-state index in [0.29, 0.717) is 23.6 Å². The van der Waals surface area contributed by atoms with E-state index in [1.165, 1.54) is 6.07 Å². The van der Waals surface area contributed by atoms with Crippen LogP contribution in [0.15, 0.2) is 18.2 Å². The Hall–Kier alpha value is -1.42. The number of nitrogens with two attached hydrogens (primary N) is 1. The van der Waals surface area contributed by atoms with Crippen molar-refractivity contribution in [2.75, 3.05) is 13.6 Å². The molecular weight excluding hydrogens is 231 g/mol. The number of amides is 1. The molecule has 3 nitrogen and oxygen atoms in total. The molecule has 98 valence electrons. The first-order valence-electron chi connectivity index (χ1n) is 6.24. The largest absolute Gasteiger partial charge is 0.341 e. The fourth-order valence-corrected chi connectivity index (χ4v) is 2.35. The summed E-state index contributed by atoms with van der Waals surface area (Å²) >= 11 is 0. The second-order valence-electron chi connectivity index (χ2n) is 5.25. The van der Waals surface area contributed by atoms with Gasteiger partial charge in [-0.1, -0.05) is 6.07 Å². The van der Waals surface area contributed by atoms with Gasteiger partial charge in [-0.15, -0.1) is 0 Å². The Bertz CT molecular complexity index is 455. The molecule has 0 atom stereocenters. The van der Waals surface area contributed by atoms with E-state index in [9.17, 15) is 9.18 Å². The third kappa shape index (κ3) is 2.70. The average molecular weight is 250 g/mol. The van der Waals surface area contributed by atoms with Gasteiger partial charge in [-0.2, -0.15) is 0 Å². The summed E-state index contributed by atoms with van der Waals surface area (Å²) in [5.41, 5.74) is 6.68. The fourth-order valence-electron chi connectivity index (χ4n) is 2.35. The van der Waals surface area contributed by atoms with Crippen molar-refractivity contribution in [1.29, 1.82) is 0 Å². The number of carbonyl (C=O) groups is 1. The molecule has 0 unspecified atom stereocenters.